The van der Waals surface area contributed by atoms with Crippen molar-refractivity contribution in [2.45, 2.75) is 33.6 Å². The van der Waals surface area contributed by atoms with Gasteiger partial charge in [-0.2, -0.15) is 0 Å². The summed E-state index contributed by atoms with van der Waals surface area (Å²) < 4.78 is 5.45. The van der Waals surface area contributed by atoms with Crippen molar-refractivity contribution in [2.75, 3.05) is 31.6 Å². The summed E-state index contributed by atoms with van der Waals surface area (Å²) in [7, 11) is 0. The largest absolute Gasteiger partial charge is 0.381 e. The molecule has 0 aliphatic heterocycles. The maximum atomic E-state index is 11.8. The normalized spacial score (nSPS) is 10.7. The van der Waals surface area contributed by atoms with Gasteiger partial charge in [0.25, 0.3) is 5.91 Å². The van der Waals surface area contributed by atoms with Crippen LogP contribution in [0.5, 0.6) is 0 Å². The molecule has 2 N–H and O–H groups in total. The van der Waals surface area contributed by atoms with Gasteiger partial charge in [-0.15, -0.1) is 0 Å². The van der Waals surface area contributed by atoms with Crippen molar-refractivity contribution in [1.29, 1.82) is 0 Å². The molecule has 0 bridgehead atoms. The minimum Gasteiger partial charge on any atom is -0.381 e. The average molecular weight is 294 g/mol. The fourth-order valence-electron chi connectivity index (χ4n) is 1.58. The summed E-state index contributed by atoms with van der Waals surface area (Å²) in [5.41, 5.74) is 0.333. The molecule has 6 nitrogen and oxygen atoms in total. The average Bonchev–Trinajstić information content (AvgIpc) is 2.48. The fourth-order valence-corrected chi connectivity index (χ4v) is 1.58. The topological polar surface area (TPSA) is 76.1 Å². The highest BCUT2D eigenvalue weighted by Gasteiger charge is 2.07. The minimum absolute atomic E-state index is 0.201. The molecule has 0 saturated heterocycles. The molecule has 0 aromatic carbocycles. The summed E-state index contributed by atoms with van der Waals surface area (Å²) in [6.45, 7) is 9.13. The van der Waals surface area contributed by atoms with Gasteiger partial charge in [0.05, 0.1) is 12.4 Å². The molecule has 1 aromatic heterocycles. The Kier molecular flexibility index (Phi) is 8.35. The standard InChI is InChI=1S/C15H26N4O2/c1-4-6-16-14-10-18-13(9-19-14)15(20)17-7-5-8-21-11-12(2)3/h9-10,12H,4-8,11H2,1-3H3,(H,16,19)(H,17,20). The van der Waals surface area contributed by atoms with E-state index in [0.29, 0.717) is 30.6 Å². The molecule has 0 saturated carbocycles. The number of nitrogens with zero attached hydrogens (tertiary/aromatic N) is 2. The molecule has 118 valence electrons. The number of carbonyl (C=O) groups excluding carboxylic acids is 1. The van der Waals surface area contributed by atoms with E-state index in [0.717, 1.165) is 26.0 Å². The second kappa shape index (κ2) is 10.1. The molecule has 6 heteroatoms. The van der Waals surface area contributed by atoms with E-state index in [1.165, 1.54) is 6.20 Å². The molecule has 21 heavy (non-hydrogen) atoms. The Morgan fingerprint density at radius 3 is 2.71 bits per heavy atom. The van der Waals surface area contributed by atoms with Crippen molar-refractivity contribution in [1.82, 2.24) is 15.3 Å². The molecule has 0 radical (unpaired) electrons. The zero-order chi connectivity index (χ0) is 15.5. The molecule has 1 heterocycles. The van der Waals surface area contributed by atoms with Crippen molar-refractivity contribution < 1.29 is 9.53 Å². The first-order valence-electron chi connectivity index (χ1n) is 7.55. The lowest BCUT2D eigenvalue weighted by atomic mass is 10.2. The van der Waals surface area contributed by atoms with E-state index in [9.17, 15) is 4.79 Å². The predicted molar refractivity (Wildman–Crippen MR) is 83.4 cm³/mol. The second-order valence-corrected chi connectivity index (χ2v) is 5.29. The Labute approximate surface area is 126 Å². The van der Waals surface area contributed by atoms with Gasteiger partial charge in [0.15, 0.2) is 0 Å². The molecule has 1 rings (SSSR count). The number of amides is 1. The van der Waals surface area contributed by atoms with Gasteiger partial charge in [0.2, 0.25) is 0 Å². The monoisotopic (exact) mass is 294 g/mol. The molecule has 1 amide bonds. The van der Waals surface area contributed by atoms with E-state index in [2.05, 4.69) is 41.4 Å². The van der Waals surface area contributed by atoms with Crippen LogP contribution in [0.4, 0.5) is 5.82 Å². The highest BCUT2D eigenvalue weighted by atomic mass is 16.5. The van der Waals surface area contributed by atoms with Crippen LogP contribution in [0.1, 0.15) is 44.1 Å². The Morgan fingerprint density at radius 1 is 1.29 bits per heavy atom. The minimum atomic E-state index is -0.201. The number of carbonyl (C=O) groups is 1. The summed E-state index contributed by atoms with van der Waals surface area (Å²) in [5.74, 6) is 1.03. The third kappa shape index (κ3) is 7.60. The Morgan fingerprint density at radius 2 is 2.10 bits per heavy atom. The van der Waals surface area contributed by atoms with Crippen molar-refractivity contribution in [2.24, 2.45) is 5.92 Å². The fraction of sp³-hybridized carbons (Fsp3) is 0.667. The van der Waals surface area contributed by atoms with E-state index in [1.54, 1.807) is 6.20 Å². The van der Waals surface area contributed by atoms with Gasteiger partial charge >= 0.3 is 0 Å². The van der Waals surface area contributed by atoms with E-state index >= 15 is 0 Å². The van der Waals surface area contributed by atoms with Gasteiger partial charge in [0, 0.05) is 26.3 Å². The number of anilines is 1. The van der Waals surface area contributed by atoms with Gasteiger partial charge in [-0.3, -0.25) is 4.79 Å². The van der Waals surface area contributed by atoms with Crippen LogP contribution in [0.25, 0.3) is 0 Å². The van der Waals surface area contributed by atoms with Gasteiger partial charge in [0.1, 0.15) is 11.5 Å². The first-order valence-corrected chi connectivity index (χ1v) is 7.55. The van der Waals surface area contributed by atoms with Crippen LogP contribution in [0.3, 0.4) is 0 Å². The third-order valence-electron chi connectivity index (χ3n) is 2.64. The molecular formula is C15H26N4O2. The summed E-state index contributed by atoms with van der Waals surface area (Å²) in [6, 6.07) is 0. The Bertz CT molecular complexity index is 407. The summed E-state index contributed by atoms with van der Waals surface area (Å²) in [4.78, 5) is 20.1. The summed E-state index contributed by atoms with van der Waals surface area (Å²) in [5, 5.41) is 5.92. The smallest absolute Gasteiger partial charge is 0.271 e. The van der Waals surface area contributed by atoms with Crippen LogP contribution in [0.2, 0.25) is 0 Å². The van der Waals surface area contributed by atoms with Gasteiger partial charge in [-0.05, 0) is 18.8 Å². The van der Waals surface area contributed by atoms with E-state index in [4.69, 9.17) is 4.74 Å². The maximum Gasteiger partial charge on any atom is 0.271 e. The molecule has 0 spiro atoms. The van der Waals surface area contributed by atoms with Crippen LogP contribution in [0, 0.1) is 5.92 Å². The molecular weight excluding hydrogens is 268 g/mol. The molecule has 0 atom stereocenters. The summed E-state index contributed by atoms with van der Waals surface area (Å²) in [6.07, 6.45) is 4.88. The van der Waals surface area contributed by atoms with Gasteiger partial charge in [-0.1, -0.05) is 20.8 Å². The van der Waals surface area contributed by atoms with Crippen LogP contribution < -0.4 is 10.6 Å². The number of aromatic nitrogens is 2. The maximum absolute atomic E-state index is 11.8. The lowest BCUT2D eigenvalue weighted by Crippen LogP contribution is -2.26. The highest BCUT2D eigenvalue weighted by molar-refractivity contribution is 5.91. The van der Waals surface area contributed by atoms with Crippen LogP contribution in [0.15, 0.2) is 12.4 Å². The Hall–Kier alpha value is -1.69. The van der Waals surface area contributed by atoms with Crippen molar-refractivity contribution in [3.63, 3.8) is 0 Å². The third-order valence-corrected chi connectivity index (χ3v) is 2.64. The number of hydrogen-bond donors (Lipinski definition) is 2. The number of rotatable bonds is 10. The number of hydrogen-bond acceptors (Lipinski definition) is 5. The first-order chi connectivity index (χ1) is 10.1. The second-order valence-electron chi connectivity index (χ2n) is 5.29. The first kappa shape index (κ1) is 17.4. The van der Waals surface area contributed by atoms with Crippen LogP contribution >= 0.6 is 0 Å². The zero-order valence-electron chi connectivity index (χ0n) is 13.2. The molecule has 1 aromatic rings. The highest BCUT2D eigenvalue weighted by Crippen LogP contribution is 2.01. The quantitative estimate of drug-likeness (QED) is 0.646. The lowest BCUT2D eigenvalue weighted by Gasteiger charge is -2.08. The molecule has 0 aliphatic carbocycles. The van der Waals surface area contributed by atoms with Crippen molar-refractivity contribution >= 4 is 11.7 Å². The van der Waals surface area contributed by atoms with Crippen molar-refractivity contribution in [3.05, 3.63) is 18.1 Å². The van der Waals surface area contributed by atoms with Gasteiger partial charge < -0.3 is 15.4 Å². The molecule has 0 unspecified atom stereocenters. The SMILES string of the molecule is CCCNc1cnc(C(=O)NCCCOCC(C)C)cn1. The van der Waals surface area contributed by atoms with Crippen molar-refractivity contribution in [3.8, 4) is 0 Å². The van der Waals surface area contributed by atoms with E-state index in [1.807, 2.05) is 0 Å². The van der Waals surface area contributed by atoms with E-state index < -0.39 is 0 Å². The Balaban J connectivity index is 2.22. The number of nitrogens with one attached hydrogen (secondary N) is 2. The van der Waals surface area contributed by atoms with Crippen LogP contribution in [-0.4, -0.2) is 42.2 Å². The van der Waals surface area contributed by atoms with E-state index in [-0.39, 0.29) is 5.91 Å². The zero-order valence-corrected chi connectivity index (χ0v) is 13.2. The molecule has 0 aliphatic rings. The summed E-state index contributed by atoms with van der Waals surface area (Å²) >= 11 is 0. The number of ether oxygens (including phenoxy) is 1. The lowest BCUT2D eigenvalue weighted by molar-refractivity contribution is 0.0920. The predicted octanol–water partition coefficient (Wildman–Crippen LogP) is 2.09. The van der Waals surface area contributed by atoms with Crippen LogP contribution in [-0.2, 0) is 4.74 Å². The molecule has 0 fully saturated rings. The van der Waals surface area contributed by atoms with Gasteiger partial charge in [-0.25, -0.2) is 9.97 Å².